The highest BCUT2D eigenvalue weighted by Crippen LogP contribution is 2.25. The summed E-state index contributed by atoms with van der Waals surface area (Å²) in [4.78, 5) is 16.4. The van der Waals surface area contributed by atoms with E-state index < -0.39 is 0 Å². The number of hydrogen-bond donors (Lipinski definition) is 1. The number of anilines is 1. The minimum absolute atomic E-state index is 0.137. The Balaban J connectivity index is 1.47. The van der Waals surface area contributed by atoms with E-state index in [1.807, 2.05) is 55.5 Å². The first-order valence-electron chi connectivity index (χ1n) is 9.02. The summed E-state index contributed by atoms with van der Waals surface area (Å²) in [5.74, 6) is 1.35. The van der Waals surface area contributed by atoms with Crippen LogP contribution >= 0.6 is 11.8 Å². The summed E-state index contributed by atoms with van der Waals surface area (Å²) < 4.78 is 7.21. The van der Waals surface area contributed by atoms with Gasteiger partial charge in [0.2, 0.25) is 5.91 Å². The number of ether oxygens (including phenoxy) is 1. The number of thioether (sulfide) groups is 1. The minimum Gasteiger partial charge on any atom is -0.492 e. The molecule has 0 atom stereocenters. The molecule has 0 saturated carbocycles. The predicted octanol–water partition coefficient (Wildman–Crippen LogP) is 3.32. The van der Waals surface area contributed by atoms with Gasteiger partial charge in [0.1, 0.15) is 10.8 Å². The van der Waals surface area contributed by atoms with Crippen LogP contribution in [0.2, 0.25) is 0 Å². The maximum atomic E-state index is 12.4. The van der Waals surface area contributed by atoms with Crippen molar-refractivity contribution in [3.63, 3.8) is 0 Å². The maximum absolute atomic E-state index is 12.4. The topological polar surface area (TPSA) is 94.3 Å². The predicted molar refractivity (Wildman–Crippen MR) is 111 cm³/mol. The zero-order valence-electron chi connectivity index (χ0n) is 15.6. The molecule has 0 aliphatic carbocycles. The Bertz CT molecular complexity index is 1130. The van der Waals surface area contributed by atoms with Gasteiger partial charge in [0, 0.05) is 18.0 Å². The van der Waals surface area contributed by atoms with Gasteiger partial charge in [0.25, 0.3) is 0 Å². The number of rotatable bonds is 7. The van der Waals surface area contributed by atoms with Crippen LogP contribution in [0.5, 0.6) is 5.75 Å². The molecule has 4 rings (SSSR count). The number of carbonyl (C=O) groups is 1. The van der Waals surface area contributed by atoms with Gasteiger partial charge < -0.3 is 10.1 Å². The maximum Gasteiger partial charge on any atom is 0.234 e. The van der Waals surface area contributed by atoms with E-state index >= 15 is 0 Å². The number of benzene rings is 1. The summed E-state index contributed by atoms with van der Waals surface area (Å²) in [6.45, 7) is 2.44. The van der Waals surface area contributed by atoms with Gasteiger partial charge in [0.15, 0.2) is 11.5 Å². The molecule has 1 N–H and O–H groups in total. The number of fused-ring (bicyclic) bond motifs is 1. The molecule has 146 valence electrons. The normalized spacial score (nSPS) is 10.8. The number of nitrogens with one attached hydrogen (secondary N) is 1. The molecular weight excluding hydrogens is 388 g/mol. The quantitative estimate of drug-likeness (QED) is 0.471. The van der Waals surface area contributed by atoms with E-state index in [4.69, 9.17) is 4.74 Å². The number of pyridine rings is 1. The Morgan fingerprint density at radius 1 is 1.10 bits per heavy atom. The molecule has 1 aromatic carbocycles. The molecule has 9 heteroatoms. The molecule has 0 spiro atoms. The Hall–Kier alpha value is -3.46. The third kappa shape index (κ3) is 4.35. The van der Waals surface area contributed by atoms with Crippen molar-refractivity contribution in [1.29, 1.82) is 0 Å². The average molecular weight is 406 g/mol. The first-order chi connectivity index (χ1) is 14.2. The van der Waals surface area contributed by atoms with Gasteiger partial charge in [-0.15, -0.1) is 10.2 Å². The number of nitrogens with zero attached hydrogens (tertiary/aromatic N) is 5. The summed E-state index contributed by atoms with van der Waals surface area (Å²) in [7, 11) is 0. The lowest BCUT2D eigenvalue weighted by molar-refractivity contribution is -0.113. The van der Waals surface area contributed by atoms with Crippen LogP contribution in [0.15, 0.2) is 66.0 Å². The van der Waals surface area contributed by atoms with E-state index in [1.165, 1.54) is 11.8 Å². The third-order valence-corrected chi connectivity index (χ3v) is 4.91. The van der Waals surface area contributed by atoms with Crippen molar-refractivity contribution in [2.45, 2.75) is 11.9 Å². The van der Waals surface area contributed by atoms with E-state index in [-0.39, 0.29) is 11.7 Å². The average Bonchev–Trinajstić information content (AvgIpc) is 3.18. The van der Waals surface area contributed by atoms with Gasteiger partial charge >= 0.3 is 0 Å². The van der Waals surface area contributed by atoms with Crippen LogP contribution < -0.4 is 10.1 Å². The first kappa shape index (κ1) is 18.9. The SMILES string of the molecule is CCOc1ccccc1NC(=O)CSc1ccc2nnc(-c3ccncc3)n2n1. The third-order valence-electron chi connectivity index (χ3n) is 3.99. The van der Waals surface area contributed by atoms with Crippen LogP contribution in [0.4, 0.5) is 5.69 Å². The summed E-state index contributed by atoms with van der Waals surface area (Å²) in [5.41, 5.74) is 2.16. The summed E-state index contributed by atoms with van der Waals surface area (Å²) in [6.07, 6.45) is 3.39. The molecule has 0 fully saturated rings. The second-order valence-corrected chi connectivity index (χ2v) is 6.96. The van der Waals surface area contributed by atoms with Crippen LogP contribution in [0.25, 0.3) is 17.0 Å². The molecular formula is C20H18N6O2S. The van der Waals surface area contributed by atoms with Gasteiger partial charge in [0.05, 0.1) is 18.0 Å². The molecule has 0 unspecified atom stereocenters. The highest BCUT2D eigenvalue weighted by molar-refractivity contribution is 7.99. The van der Waals surface area contributed by atoms with Crippen molar-refractivity contribution in [3.05, 3.63) is 60.9 Å². The molecule has 0 radical (unpaired) electrons. The van der Waals surface area contributed by atoms with Crippen LogP contribution in [0, 0.1) is 0 Å². The first-order valence-corrected chi connectivity index (χ1v) is 10.0. The minimum atomic E-state index is -0.137. The lowest BCUT2D eigenvalue weighted by atomic mass is 10.2. The summed E-state index contributed by atoms with van der Waals surface area (Å²) in [6, 6.07) is 14.7. The Kier molecular flexibility index (Phi) is 5.66. The van der Waals surface area contributed by atoms with Crippen molar-refractivity contribution < 1.29 is 9.53 Å². The Morgan fingerprint density at radius 2 is 1.93 bits per heavy atom. The molecule has 29 heavy (non-hydrogen) atoms. The van der Waals surface area contributed by atoms with Gasteiger partial charge in [-0.25, -0.2) is 0 Å². The van der Waals surface area contributed by atoms with Crippen molar-refractivity contribution in [2.24, 2.45) is 0 Å². The number of aromatic nitrogens is 5. The van der Waals surface area contributed by atoms with E-state index in [1.54, 1.807) is 16.9 Å². The fourth-order valence-corrected chi connectivity index (χ4v) is 3.36. The molecule has 3 aromatic heterocycles. The fourth-order valence-electron chi connectivity index (χ4n) is 2.71. The number of carbonyl (C=O) groups excluding carboxylic acids is 1. The smallest absolute Gasteiger partial charge is 0.234 e. The standard InChI is InChI=1S/C20H18N6O2S/c1-2-28-16-6-4-3-5-15(16)22-18(27)13-29-19-8-7-17-23-24-20(26(17)25-19)14-9-11-21-12-10-14/h3-12H,2,13H2,1H3,(H,22,27). The molecule has 8 nitrogen and oxygen atoms in total. The fraction of sp³-hybridized carbons (Fsp3) is 0.150. The molecule has 0 aliphatic heterocycles. The molecule has 3 heterocycles. The largest absolute Gasteiger partial charge is 0.492 e. The van der Waals surface area contributed by atoms with E-state index in [0.717, 1.165) is 5.56 Å². The highest BCUT2D eigenvalue weighted by Gasteiger charge is 2.12. The lowest BCUT2D eigenvalue weighted by Gasteiger charge is -2.11. The van der Waals surface area contributed by atoms with Gasteiger partial charge in [-0.1, -0.05) is 23.9 Å². The molecule has 0 aliphatic rings. The van der Waals surface area contributed by atoms with Crippen molar-refractivity contribution in [2.75, 3.05) is 17.7 Å². The van der Waals surface area contributed by atoms with Gasteiger partial charge in [-0.3, -0.25) is 9.78 Å². The van der Waals surface area contributed by atoms with Gasteiger partial charge in [-0.2, -0.15) is 9.61 Å². The molecule has 1 amide bonds. The zero-order chi connectivity index (χ0) is 20.1. The highest BCUT2D eigenvalue weighted by atomic mass is 32.2. The van der Waals surface area contributed by atoms with Crippen molar-refractivity contribution >= 4 is 29.0 Å². The van der Waals surface area contributed by atoms with Crippen LogP contribution in [-0.4, -0.2) is 43.1 Å². The van der Waals surface area contributed by atoms with Crippen molar-refractivity contribution in [1.82, 2.24) is 24.8 Å². The Morgan fingerprint density at radius 3 is 2.76 bits per heavy atom. The molecule has 0 saturated heterocycles. The lowest BCUT2D eigenvalue weighted by Crippen LogP contribution is -2.15. The van der Waals surface area contributed by atoms with E-state index in [0.29, 0.717) is 34.5 Å². The Labute approximate surface area is 171 Å². The van der Waals surface area contributed by atoms with Crippen LogP contribution in [0.1, 0.15) is 6.92 Å². The summed E-state index contributed by atoms with van der Waals surface area (Å²) >= 11 is 1.34. The number of amides is 1. The second-order valence-electron chi connectivity index (χ2n) is 5.97. The molecule has 4 aromatic rings. The van der Waals surface area contributed by atoms with E-state index in [2.05, 4.69) is 25.6 Å². The molecule has 0 bridgehead atoms. The van der Waals surface area contributed by atoms with Crippen LogP contribution in [-0.2, 0) is 4.79 Å². The van der Waals surface area contributed by atoms with Crippen molar-refractivity contribution in [3.8, 4) is 17.1 Å². The van der Waals surface area contributed by atoms with Gasteiger partial charge in [-0.05, 0) is 43.3 Å². The second kappa shape index (κ2) is 8.70. The van der Waals surface area contributed by atoms with E-state index in [9.17, 15) is 4.79 Å². The number of hydrogen-bond acceptors (Lipinski definition) is 7. The van der Waals surface area contributed by atoms with Crippen LogP contribution in [0.3, 0.4) is 0 Å². The zero-order valence-corrected chi connectivity index (χ0v) is 16.5. The summed E-state index contributed by atoms with van der Waals surface area (Å²) in [5, 5.41) is 16.5. The monoisotopic (exact) mass is 406 g/mol. The number of para-hydroxylation sites is 2.